The van der Waals surface area contributed by atoms with E-state index in [2.05, 4.69) is 25.8 Å². The molecule has 2 heterocycles. The molecule has 6 nitrogen and oxygen atoms in total. The van der Waals surface area contributed by atoms with Gasteiger partial charge < -0.3 is 5.32 Å². The van der Waals surface area contributed by atoms with Crippen LogP contribution in [0.15, 0.2) is 18.3 Å². The van der Waals surface area contributed by atoms with Crippen LogP contribution in [0.4, 0.5) is 10.9 Å². The number of carbonyl (C=O) groups excluding carboxylic acids is 1. The predicted octanol–water partition coefficient (Wildman–Crippen LogP) is 1.54. The first kappa shape index (κ1) is 11.5. The van der Waals surface area contributed by atoms with Gasteiger partial charge in [-0.05, 0) is 19.1 Å². The lowest BCUT2D eigenvalue weighted by atomic mass is 10.3. The molecule has 0 saturated heterocycles. The van der Waals surface area contributed by atoms with Crippen LogP contribution in [0, 0.1) is 6.92 Å². The minimum absolute atomic E-state index is 0.261. The number of nitrogens with one attached hydrogen (secondary N) is 2. The highest BCUT2D eigenvalue weighted by Gasteiger charge is 2.10. The van der Waals surface area contributed by atoms with Gasteiger partial charge in [0.05, 0.1) is 0 Å². The minimum Gasteiger partial charge on any atom is -0.372 e. The number of anilines is 2. The van der Waals surface area contributed by atoms with Crippen molar-refractivity contribution in [1.29, 1.82) is 0 Å². The molecule has 0 aliphatic heterocycles. The number of hydrogen-bond donors (Lipinski definition) is 2. The van der Waals surface area contributed by atoms with Crippen molar-refractivity contribution in [3.63, 3.8) is 0 Å². The molecular formula is C10H11N5OS. The van der Waals surface area contributed by atoms with Crippen LogP contribution in [0.2, 0.25) is 0 Å². The summed E-state index contributed by atoms with van der Waals surface area (Å²) >= 11 is 1.41. The molecule has 2 aromatic rings. The first-order valence-corrected chi connectivity index (χ1v) is 5.76. The average Bonchev–Trinajstić information content (AvgIpc) is 2.75. The van der Waals surface area contributed by atoms with Gasteiger partial charge in [-0.25, -0.2) is 4.98 Å². The minimum atomic E-state index is -0.311. The third-order valence-electron chi connectivity index (χ3n) is 2.00. The van der Waals surface area contributed by atoms with Crippen LogP contribution in [-0.4, -0.2) is 28.1 Å². The molecule has 0 spiro atoms. The van der Waals surface area contributed by atoms with E-state index in [1.54, 1.807) is 25.4 Å². The quantitative estimate of drug-likeness (QED) is 0.862. The molecule has 0 unspecified atom stereocenters. The largest absolute Gasteiger partial charge is 0.372 e. The monoisotopic (exact) mass is 249 g/mol. The maximum Gasteiger partial charge on any atom is 0.277 e. The first-order valence-electron chi connectivity index (χ1n) is 4.94. The van der Waals surface area contributed by atoms with Crippen molar-refractivity contribution in [3.8, 4) is 0 Å². The Labute approximate surface area is 102 Å². The van der Waals surface area contributed by atoms with Crippen molar-refractivity contribution in [2.75, 3.05) is 17.7 Å². The Morgan fingerprint density at radius 3 is 2.71 bits per heavy atom. The Morgan fingerprint density at radius 1 is 1.35 bits per heavy atom. The zero-order valence-electron chi connectivity index (χ0n) is 9.39. The Bertz CT molecular complexity index is 522. The van der Waals surface area contributed by atoms with E-state index in [0.29, 0.717) is 10.9 Å². The molecule has 0 bridgehead atoms. The fraction of sp³-hybridized carbons (Fsp3) is 0.200. The fourth-order valence-electron chi connectivity index (χ4n) is 1.16. The molecule has 0 aliphatic carbocycles. The van der Waals surface area contributed by atoms with E-state index in [-0.39, 0.29) is 11.6 Å². The Kier molecular flexibility index (Phi) is 3.29. The number of amides is 1. The average molecular weight is 249 g/mol. The van der Waals surface area contributed by atoms with E-state index in [9.17, 15) is 4.79 Å². The molecule has 2 N–H and O–H groups in total. The smallest absolute Gasteiger partial charge is 0.277 e. The second-order valence-corrected chi connectivity index (χ2v) is 4.52. The topological polar surface area (TPSA) is 79.8 Å². The summed E-state index contributed by atoms with van der Waals surface area (Å²) in [6.45, 7) is 1.93. The predicted molar refractivity (Wildman–Crippen MR) is 66.4 cm³/mol. The summed E-state index contributed by atoms with van der Waals surface area (Å²) in [5.41, 5.74) is 0.261. The number of aryl methyl sites for hydroxylation is 1. The molecule has 88 valence electrons. The summed E-state index contributed by atoms with van der Waals surface area (Å²) in [5.74, 6) is 0.307. The Hall–Kier alpha value is -2.02. The maximum atomic E-state index is 11.8. The Morgan fingerprint density at radius 2 is 2.18 bits per heavy atom. The summed E-state index contributed by atoms with van der Waals surface area (Å²) < 4.78 is 0. The van der Waals surface area contributed by atoms with Crippen LogP contribution in [0.5, 0.6) is 0 Å². The molecule has 0 aliphatic rings. The number of carbonyl (C=O) groups is 1. The van der Waals surface area contributed by atoms with Crippen molar-refractivity contribution in [2.24, 2.45) is 0 Å². The van der Waals surface area contributed by atoms with Gasteiger partial charge >= 0.3 is 0 Å². The van der Waals surface area contributed by atoms with Crippen molar-refractivity contribution in [2.45, 2.75) is 6.92 Å². The van der Waals surface area contributed by atoms with E-state index in [1.807, 2.05) is 6.92 Å². The van der Waals surface area contributed by atoms with Crippen LogP contribution in [0.3, 0.4) is 0 Å². The molecule has 0 atom stereocenters. The third kappa shape index (κ3) is 2.76. The first-order chi connectivity index (χ1) is 8.19. The summed E-state index contributed by atoms with van der Waals surface area (Å²) in [6, 6.07) is 3.30. The van der Waals surface area contributed by atoms with E-state index < -0.39 is 0 Å². The van der Waals surface area contributed by atoms with Gasteiger partial charge in [-0.2, -0.15) is 0 Å². The maximum absolute atomic E-state index is 11.8. The number of hydrogen-bond acceptors (Lipinski definition) is 6. The summed E-state index contributed by atoms with van der Waals surface area (Å²) in [6.07, 6.45) is 1.70. The molecule has 0 fully saturated rings. The molecular weight excluding hydrogens is 238 g/mol. The zero-order chi connectivity index (χ0) is 12.3. The van der Waals surface area contributed by atoms with Crippen LogP contribution in [-0.2, 0) is 0 Å². The molecule has 17 heavy (non-hydrogen) atoms. The molecule has 0 saturated carbocycles. The molecule has 0 radical (unpaired) electrons. The fourth-order valence-corrected chi connectivity index (χ4v) is 1.82. The van der Waals surface area contributed by atoms with Crippen LogP contribution in [0.25, 0.3) is 0 Å². The SMILES string of the molecule is CNc1ccc(C(=O)Nc2ncc(C)s2)nn1. The lowest BCUT2D eigenvalue weighted by Gasteiger charge is -2.01. The molecule has 7 heteroatoms. The highest BCUT2D eigenvalue weighted by atomic mass is 32.1. The summed E-state index contributed by atoms with van der Waals surface area (Å²) in [4.78, 5) is 16.8. The zero-order valence-corrected chi connectivity index (χ0v) is 10.2. The van der Waals surface area contributed by atoms with Gasteiger partial charge in [-0.3, -0.25) is 10.1 Å². The molecule has 1 amide bonds. The Balaban J connectivity index is 2.09. The van der Waals surface area contributed by atoms with Crippen LogP contribution < -0.4 is 10.6 Å². The van der Waals surface area contributed by atoms with E-state index in [1.165, 1.54) is 11.3 Å². The van der Waals surface area contributed by atoms with Gasteiger partial charge in [0.25, 0.3) is 5.91 Å². The van der Waals surface area contributed by atoms with Crippen molar-refractivity contribution < 1.29 is 4.79 Å². The normalized spacial score (nSPS) is 10.0. The third-order valence-corrected chi connectivity index (χ3v) is 2.82. The number of rotatable bonds is 3. The summed E-state index contributed by atoms with van der Waals surface area (Å²) in [5, 5.41) is 13.7. The van der Waals surface area contributed by atoms with E-state index in [0.717, 1.165) is 4.88 Å². The summed E-state index contributed by atoms with van der Waals surface area (Å²) in [7, 11) is 1.74. The second-order valence-electron chi connectivity index (χ2n) is 3.28. The van der Waals surface area contributed by atoms with Gasteiger partial charge in [0.15, 0.2) is 10.8 Å². The van der Waals surface area contributed by atoms with Gasteiger partial charge in [0, 0.05) is 18.1 Å². The number of aromatic nitrogens is 3. The van der Waals surface area contributed by atoms with Gasteiger partial charge in [0.2, 0.25) is 0 Å². The number of nitrogens with zero attached hydrogens (tertiary/aromatic N) is 3. The highest BCUT2D eigenvalue weighted by molar-refractivity contribution is 7.15. The molecule has 2 aromatic heterocycles. The van der Waals surface area contributed by atoms with Crippen LogP contribution >= 0.6 is 11.3 Å². The second kappa shape index (κ2) is 4.88. The van der Waals surface area contributed by atoms with E-state index >= 15 is 0 Å². The van der Waals surface area contributed by atoms with Crippen molar-refractivity contribution >= 4 is 28.2 Å². The highest BCUT2D eigenvalue weighted by Crippen LogP contribution is 2.17. The lowest BCUT2D eigenvalue weighted by Crippen LogP contribution is -2.14. The van der Waals surface area contributed by atoms with Crippen molar-refractivity contribution in [3.05, 3.63) is 28.9 Å². The number of thiazole rings is 1. The van der Waals surface area contributed by atoms with Gasteiger partial charge in [0.1, 0.15) is 5.82 Å². The molecule has 2 rings (SSSR count). The van der Waals surface area contributed by atoms with Gasteiger partial charge in [-0.1, -0.05) is 0 Å². The standard InChI is InChI=1S/C10H11N5OS/c1-6-5-12-10(17-6)13-9(16)7-3-4-8(11-2)15-14-7/h3-5H,1-2H3,(H,11,15)(H,12,13,16). The van der Waals surface area contributed by atoms with E-state index in [4.69, 9.17) is 0 Å². The van der Waals surface area contributed by atoms with Gasteiger partial charge in [-0.15, -0.1) is 21.5 Å². The molecule has 0 aromatic carbocycles. The van der Waals surface area contributed by atoms with Crippen molar-refractivity contribution in [1.82, 2.24) is 15.2 Å². The van der Waals surface area contributed by atoms with Crippen LogP contribution in [0.1, 0.15) is 15.4 Å². The lowest BCUT2D eigenvalue weighted by molar-refractivity contribution is 0.102.